The third kappa shape index (κ3) is 25.3. The quantitative estimate of drug-likeness (QED) is 0.364. The minimum Gasteiger partial charge on any atom is -1.00 e. The summed E-state index contributed by atoms with van der Waals surface area (Å²) in [5, 5.41) is 0. The van der Waals surface area contributed by atoms with E-state index in [4.69, 9.17) is 14.4 Å². The summed E-state index contributed by atoms with van der Waals surface area (Å²) in [6.45, 7) is 0. The molecule has 0 aromatic carbocycles. The summed E-state index contributed by atoms with van der Waals surface area (Å²) in [6, 6.07) is 0. The minimum absolute atomic E-state index is 0. The Balaban J connectivity index is -0.00000000833. The van der Waals surface area contributed by atoms with Crippen molar-refractivity contribution in [2.24, 2.45) is 0 Å². The number of hydrogen-bond donors (Lipinski definition) is 3. The van der Waals surface area contributed by atoms with E-state index in [1.54, 1.807) is 0 Å². The predicted molar refractivity (Wildman–Crippen MR) is 33.6 cm³/mol. The topological polar surface area (TPSA) is 69.9 Å². The van der Waals surface area contributed by atoms with E-state index in [9.17, 15) is 4.53 Å². The van der Waals surface area contributed by atoms with Gasteiger partial charge in [0.1, 0.15) is 0 Å². The van der Waals surface area contributed by atoms with Crippen molar-refractivity contribution in [2.45, 2.75) is 0 Å². The summed E-state index contributed by atoms with van der Waals surface area (Å²) in [4.78, 5) is 22.4. The fourth-order valence-electron chi connectivity index (χ4n) is 0. The van der Waals surface area contributed by atoms with Gasteiger partial charge >= 0.3 is 61.7 Å². The first-order valence-electron chi connectivity index (χ1n) is 1.03. The van der Waals surface area contributed by atoms with E-state index < -0.39 is 9.05 Å². The van der Waals surface area contributed by atoms with E-state index in [-0.39, 0.29) is 74.3 Å². The molecule has 0 spiro atoms. The maximum absolute atomic E-state index is 10.3. The normalized spacial score (nSPS) is 8.00. The molecule has 0 aliphatic heterocycles. The van der Waals surface area contributed by atoms with Gasteiger partial charge in [-0.1, -0.05) is 4.53 Å². The van der Waals surface area contributed by atoms with Gasteiger partial charge in [-0.3, -0.25) is 0 Å². The fraction of sp³-hybridized carbons (Fsp3) is 0. The Morgan fingerprint density at radius 1 is 1.33 bits per heavy atom. The Morgan fingerprint density at radius 2 is 1.44 bits per heavy atom. The molecule has 0 bridgehead atoms. The summed E-state index contributed by atoms with van der Waals surface area (Å²) in [7, 11) is -4.80. The van der Waals surface area contributed by atoms with Crippen LogP contribution in [-0.4, -0.2) is 63.8 Å². The zero-order valence-corrected chi connectivity index (χ0v) is 8.75. The van der Waals surface area contributed by atoms with Crippen molar-refractivity contribution >= 4 is 49.5 Å². The largest absolute Gasteiger partial charge is 2.00 e. The number of halogens is 1. The van der Waals surface area contributed by atoms with Gasteiger partial charge in [0.2, 0.25) is 0 Å². The van der Waals surface area contributed by atoms with E-state index in [1.807, 2.05) is 0 Å². The molecule has 0 aromatic heterocycles. The first-order chi connectivity index (χ1) is 2.56. The van der Waals surface area contributed by atoms with Crippen LogP contribution < -0.4 is 29.6 Å². The third-order valence-electron chi connectivity index (χ3n) is 0.104. The first-order valence-corrected chi connectivity index (χ1v) is 2.78. The molecule has 0 amide bonds. The van der Waals surface area contributed by atoms with Crippen molar-refractivity contribution in [1.29, 1.82) is 0 Å². The van der Waals surface area contributed by atoms with Gasteiger partial charge in [0.25, 0.3) is 0 Å². The monoisotopic (exact) mass is 194 g/mol. The SMILES string of the molecule is O[Si](O)(O)OF.[AlH3].[H-].[H-].[H-].[Mg+2].[Na+]. The molecule has 0 atom stereocenters. The Labute approximate surface area is 106 Å². The molecule has 0 saturated heterocycles. The Hall–Kier alpha value is 2.29. The second-order valence-electron chi connectivity index (χ2n) is 0.651. The molecule has 0 rings (SSSR count). The van der Waals surface area contributed by atoms with E-state index in [0.29, 0.717) is 0 Å². The molecule has 50 valence electrons. The standard InChI is InChI=1S/Al.FH3O4Si.Mg.Na.6H/c;1-5-6(2,3)4;;;;;;;;/h;2-4H;;;;;;;;/q;;+2;+1;;;;3*-1. The average molecular weight is 194 g/mol. The van der Waals surface area contributed by atoms with Crippen LogP contribution in [-0.2, 0) is 4.63 Å². The van der Waals surface area contributed by atoms with Gasteiger partial charge in [0, 0.05) is 0 Å². The van der Waals surface area contributed by atoms with E-state index in [1.165, 1.54) is 0 Å². The first kappa shape index (κ1) is 22.5. The van der Waals surface area contributed by atoms with Crippen molar-refractivity contribution in [2.75, 3.05) is 0 Å². The molecule has 0 aliphatic carbocycles. The molecule has 0 fully saturated rings. The Morgan fingerprint density at radius 3 is 1.44 bits per heavy atom. The molecule has 3 N–H and O–H groups in total. The summed E-state index contributed by atoms with van der Waals surface area (Å²) >= 11 is 0. The van der Waals surface area contributed by atoms with Crippen LogP contribution in [0.4, 0.5) is 4.53 Å². The second-order valence-corrected chi connectivity index (χ2v) is 1.95. The van der Waals surface area contributed by atoms with Gasteiger partial charge in [-0.25, -0.2) is 0 Å². The maximum atomic E-state index is 10.3. The van der Waals surface area contributed by atoms with E-state index >= 15 is 0 Å². The zero-order valence-electron chi connectivity index (χ0n) is 7.33. The molecule has 0 saturated carbocycles. The zero-order chi connectivity index (χ0) is 5.21. The van der Waals surface area contributed by atoms with Crippen LogP contribution in [0.15, 0.2) is 0 Å². The van der Waals surface area contributed by atoms with Gasteiger partial charge in [-0.05, 0) is 0 Å². The number of hydrogen-bond acceptors (Lipinski definition) is 4. The molecule has 0 aromatic rings. The average Bonchev–Trinajstić information content (AvgIpc) is 1.35. The van der Waals surface area contributed by atoms with Crippen molar-refractivity contribution < 1.29 is 57.4 Å². The predicted octanol–water partition coefficient (Wildman–Crippen LogP) is -5.92. The van der Waals surface area contributed by atoms with Crippen LogP contribution in [0.1, 0.15) is 4.28 Å². The van der Waals surface area contributed by atoms with Crippen LogP contribution in [0.5, 0.6) is 0 Å². The molecule has 9 heteroatoms. The summed E-state index contributed by atoms with van der Waals surface area (Å²) in [5.41, 5.74) is 0. The summed E-state index contributed by atoms with van der Waals surface area (Å²) in [5.74, 6) is 0. The van der Waals surface area contributed by atoms with Gasteiger partial charge in [0.05, 0.1) is 0 Å². The molecule has 0 unspecified atom stereocenters. The Bertz CT molecular complexity index is 60.1. The van der Waals surface area contributed by atoms with Crippen molar-refractivity contribution in [3.8, 4) is 0 Å². The van der Waals surface area contributed by atoms with Crippen LogP contribution in [0.3, 0.4) is 0 Å². The third-order valence-corrected chi connectivity index (χ3v) is 0.311. The minimum atomic E-state index is -4.80. The summed E-state index contributed by atoms with van der Waals surface area (Å²) in [6.07, 6.45) is 0. The van der Waals surface area contributed by atoms with Crippen LogP contribution in [0.25, 0.3) is 0 Å². The second kappa shape index (κ2) is 10.3. The van der Waals surface area contributed by atoms with E-state index in [2.05, 4.69) is 4.63 Å². The van der Waals surface area contributed by atoms with Crippen molar-refractivity contribution in [3.63, 3.8) is 0 Å². The molecular formula is H9AlFMgNaO4Si. The van der Waals surface area contributed by atoms with Gasteiger partial charge in [0.15, 0.2) is 17.4 Å². The smallest absolute Gasteiger partial charge is 1.00 e. The molecule has 0 heterocycles. The van der Waals surface area contributed by atoms with Crippen molar-refractivity contribution in [3.05, 3.63) is 0 Å². The Kier molecular flexibility index (Phi) is 25.7. The molecule has 4 nitrogen and oxygen atoms in total. The van der Waals surface area contributed by atoms with Crippen LogP contribution >= 0.6 is 0 Å². The number of rotatable bonds is 1. The molecule has 9 heavy (non-hydrogen) atoms. The van der Waals surface area contributed by atoms with E-state index in [0.717, 1.165) is 0 Å². The fourth-order valence-corrected chi connectivity index (χ4v) is 0. The van der Waals surface area contributed by atoms with Crippen molar-refractivity contribution in [1.82, 2.24) is 0 Å². The van der Waals surface area contributed by atoms with Gasteiger partial charge in [-0.15, -0.1) is 0 Å². The van der Waals surface area contributed by atoms with Crippen LogP contribution in [0.2, 0.25) is 0 Å². The van der Waals surface area contributed by atoms with Gasteiger partial charge in [-0.2, -0.15) is 4.63 Å². The maximum Gasteiger partial charge on any atom is 2.00 e. The van der Waals surface area contributed by atoms with Gasteiger partial charge < -0.3 is 18.7 Å². The summed E-state index contributed by atoms with van der Waals surface area (Å²) < 4.78 is 12.6. The molecule has 0 radical (unpaired) electrons. The molecule has 0 aliphatic rings. The molecular weight excluding hydrogens is 185 g/mol. The van der Waals surface area contributed by atoms with Crippen LogP contribution in [0, 0.1) is 0 Å².